The first-order valence-corrected chi connectivity index (χ1v) is 15.1. The lowest BCUT2D eigenvalue weighted by Gasteiger charge is -2.47. The monoisotopic (exact) mass is 620 g/mol. The van der Waals surface area contributed by atoms with E-state index in [0.717, 1.165) is 4.90 Å². The van der Waals surface area contributed by atoms with Gasteiger partial charge in [-0.05, 0) is 46.8 Å². The molecule has 0 saturated carbocycles. The zero-order valence-corrected chi connectivity index (χ0v) is 26.3. The SMILES string of the molecule is COC1/C(=C(\OO)c2ccccc2)C(C)OC(OC2C(C)OC(F)C(Sc3ccccc3)C2OC)C1OC(=O)C(C)(C)C. The number of carbonyl (C=O) groups is 1. The normalized spacial score (nSPS) is 32.6. The summed E-state index contributed by atoms with van der Waals surface area (Å²) >= 11 is 1.29. The van der Waals surface area contributed by atoms with Gasteiger partial charge in [0.05, 0.1) is 22.9 Å². The number of benzene rings is 2. The number of carbonyl (C=O) groups excluding carboxylic acids is 1. The van der Waals surface area contributed by atoms with Gasteiger partial charge in [0.25, 0.3) is 0 Å². The topological polar surface area (TPSA) is 102 Å². The molecule has 2 aromatic carbocycles. The summed E-state index contributed by atoms with van der Waals surface area (Å²) < 4.78 is 51.7. The molecular weight excluding hydrogens is 579 g/mol. The number of ether oxygens (including phenoxy) is 6. The van der Waals surface area contributed by atoms with Crippen LogP contribution in [0.25, 0.3) is 5.76 Å². The third-order valence-corrected chi connectivity index (χ3v) is 8.74. The lowest BCUT2D eigenvalue weighted by molar-refractivity contribution is -0.309. The summed E-state index contributed by atoms with van der Waals surface area (Å²) in [5.41, 5.74) is 0.127. The Hall–Kier alpha value is -2.51. The van der Waals surface area contributed by atoms with Crippen LogP contribution in [0.3, 0.4) is 0 Å². The zero-order chi connectivity index (χ0) is 31.3. The fourth-order valence-electron chi connectivity index (χ4n) is 5.22. The summed E-state index contributed by atoms with van der Waals surface area (Å²) in [6, 6.07) is 18.4. The average Bonchev–Trinajstić information content (AvgIpc) is 2.98. The van der Waals surface area contributed by atoms with E-state index >= 15 is 4.39 Å². The smallest absolute Gasteiger partial charge is 0.311 e. The maximum absolute atomic E-state index is 15.3. The van der Waals surface area contributed by atoms with Crippen LogP contribution in [0.2, 0.25) is 0 Å². The Morgan fingerprint density at radius 3 is 2.09 bits per heavy atom. The molecule has 0 spiro atoms. The van der Waals surface area contributed by atoms with Crippen molar-refractivity contribution < 1.29 is 47.8 Å². The fraction of sp³-hybridized carbons (Fsp3) is 0.531. The van der Waals surface area contributed by atoms with E-state index in [2.05, 4.69) is 0 Å². The Kier molecular flexibility index (Phi) is 11.3. The summed E-state index contributed by atoms with van der Waals surface area (Å²) in [5.74, 6) is -0.409. The van der Waals surface area contributed by atoms with Crippen molar-refractivity contribution in [2.45, 2.75) is 94.0 Å². The highest BCUT2D eigenvalue weighted by atomic mass is 32.2. The molecule has 0 amide bonds. The number of esters is 1. The lowest BCUT2D eigenvalue weighted by Crippen LogP contribution is -2.61. The van der Waals surface area contributed by atoms with Crippen molar-refractivity contribution >= 4 is 23.5 Å². The largest absolute Gasteiger partial charge is 0.453 e. The van der Waals surface area contributed by atoms with Gasteiger partial charge in [0.15, 0.2) is 18.2 Å². The second-order valence-corrected chi connectivity index (χ2v) is 12.8. The summed E-state index contributed by atoms with van der Waals surface area (Å²) in [7, 11) is 2.96. The molecule has 2 saturated heterocycles. The first kappa shape index (κ1) is 33.4. The van der Waals surface area contributed by atoms with E-state index in [0.29, 0.717) is 11.1 Å². The molecule has 0 radical (unpaired) electrons. The van der Waals surface area contributed by atoms with E-state index in [4.69, 9.17) is 33.3 Å². The predicted octanol–water partition coefficient (Wildman–Crippen LogP) is 5.88. The van der Waals surface area contributed by atoms with Crippen LogP contribution in [0, 0.1) is 5.41 Å². The maximum atomic E-state index is 15.3. The quantitative estimate of drug-likeness (QED) is 0.158. The number of hydrogen-bond donors (Lipinski definition) is 1. The summed E-state index contributed by atoms with van der Waals surface area (Å²) in [5, 5.41) is 9.23. The van der Waals surface area contributed by atoms with E-state index in [-0.39, 0.29) is 5.76 Å². The highest BCUT2D eigenvalue weighted by Gasteiger charge is 2.52. The van der Waals surface area contributed by atoms with Crippen LogP contribution in [0.5, 0.6) is 0 Å². The van der Waals surface area contributed by atoms with Gasteiger partial charge in [-0.2, -0.15) is 0 Å². The van der Waals surface area contributed by atoms with Crippen molar-refractivity contribution in [3.63, 3.8) is 0 Å². The van der Waals surface area contributed by atoms with Gasteiger partial charge in [0, 0.05) is 30.3 Å². The molecule has 0 aliphatic carbocycles. The minimum Gasteiger partial charge on any atom is -0.453 e. The van der Waals surface area contributed by atoms with E-state index < -0.39 is 65.9 Å². The van der Waals surface area contributed by atoms with Gasteiger partial charge < -0.3 is 33.3 Å². The lowest BCUT2D eigenvalue weighted by atomic mass is 9.91. The minimum atomic E-state index is -1.62. The Labute approximate surface area is 256 Å². The van der Waals surface area contributed by atoms with Crippen molar-refractivity contribution in [2.75, 3.05) is 14.2 Å². The molecule has 2 aliphatic rings. The molecule has 11 heteroatoms. The number of thioether (sulfide) groups is 1. The van der Waals surface area contributed by atoms with Crippen molar-refractivity contribution in [2.24, 2.45) is 5.41 Å². The Bertz CT molecular complexity index is 1220. The molecular formula is C32H41FO9S. The third kappa shape index (κ3) is 7.59. The number of halogens is 1. The molecule has 2 heterocycles. The van der Waals surface area contributed by atoms with Crippen LogP contribution in [0.15, 0.2) is 71.1 Å². The van der Waals surface area contributed by atoms with Gasteiger partial charge in [-0.15, -0.1) is 11.8 Å². The van der Waals surface area contributed by atoms with Crippen molar-refractivity contribution in [1.29, 1.82) is 0 Å². The highest BCUT2D eigenvalue weighted by Crippen LogP contribution is 2.41. The molecule has 1 N–H and O–H groups in total. The molecule has 9 atom stereocenters. The van der Waals surface area contributed by atoms with Crippen LogP contribution in [0.4, 0.5) is 4.39 Å². The van der Waals surface area contributed by atoms with E-state index in [1.807, 2.05) is 36.4 Å². The molecule has 236 valence electrons. The van der Waals surface area contributed by atoms with Crippen LogP contribution in [-0.4, -0.2) is 80.0 Å². The molecule has 4 rings (SSSR count). The van der Waals surface area contributed by atoms with Crippen LogP contribution < -0.4 is 0 Å². The minimum absolute atomic E-state index is 0.110. The van der Waals surface area contributed by atoms with Crippen molar-refractivity contribution in [3.05, 3.63) is 71.8 Å². The summed E-state index contributed by atoms with van der Waals surface area (Å²) in [4.78, 5) is 18.9. The summed E-state index contributed by atoms with van der Waals surface area (Å²) in [6.45, 7) is 8.64. The zero-order valence-electron chi connectivity index (χ0n) is 25.5. The van der Waals surface area contributed by atoms with Gasteiger partial charge in [0.2, 0.25) is 6.36 Å². The molecule has 2 aliphatic heterocycles. The Balaban J connectivity index is 1.71. The van der Waals surface area contributed by atoms with E-state index in [1.165, 1.54) is 26.0 Å². The average molecular weight is 621 g/mol. The predicted molar refractivity (Wildman–Crippen MR) is 159 cm³/mol. The number of rotatable bonds is 9. The molecule has 0 aromatic heterocycles. The Morgan fingerprint density at radius 1 is 0.907 bits per heavy atom. The molecule has 2 fully saturated rings. The van der Waals surface area contributed by atoms with Crippen molar-refractivity contribution in [3.8, 4) is 0 Å². The van der Waals surface area contributed by atoms with Crippen LogP contribution in [0.1, 0.15) is 40.2 Å². The van der Waals surface area contributed by atoms with Gasteiger partial charge >= 0.3 is 5.97 Å². The van der Waals surface area contributed by atoms with Crippen LogP contribution >= 0.6 is 11.8 Å². The van der Waals surface area contributed by atoms with E-state index in [1.54, 1.807) is 58.9 Å². The highest BCUT2D eigenvalue weighted by molar-refractivity contribution is 8.00. The van der Waals surface area contributed by atoms with Gasteiger partial charge in [-0.25, -0.2) is 9.65 Å². The maximum Gasteiger partial charge on any atom is 0.311 e. The molecule has 0 bridgehead atoms. The van der Waals surface area contributed by atoms with E-state index in [9.17, 15) is 10.1 Å². The van der Waals surface area contributed by atoms with Gasteiger partial charge in [-0.3, -0.25) is 4.79 Å². The van der Waals surface area contributed by atoms with Crippen molar-refractivity contribution in [1.82, 2.24) is 0 Å². The first-order valence-electron chi connectivity index (χ1n) is 14.2. The second kappa shape index (κ2) is 14.5. The first-order chi connectivity index (χ1) is 20.5. The van der Waals surface area contributed by atoms with Gasteiger partial charge in [-0.1, -0.05) is 48.5 Å². The van der Waals surface area contributed by atoms with Crippen LogP contribution in [-0.2, 0) is 38.1 Å². The standard InChI is InChI=1S/C32H41FO9S/c1-18-22(24(42-35)20-14-10-8-11-15-20)25(36-6)27(41-31(34)32(3,4)5)30(39-18)40-23-19(2)38-29(33)28(26(23)37-7)43-21-16-12-9-13-17-21/h8-19,23,25-30,35H,1-7H3/b24-22-. The molecule has 9 unspecified atom stereocenters. The molecule has 43 heavy (non-hydrogen) atoms. The number of hydrogen-bond acceptors (Lipinski definition) is 10. The van der Waals surface area contributed by atoms with Gasteiger partial charge in [0.1, 0.15) is 18.3 Å². The number of methoxy groups -OCH3 is 2. The summed E-state index contributed by atoms with van der Waals surface area (Å²) in [6.07, 6.45) is -7.87. The Morgan fingerprint density at radius 2 is 1.53 bits per heavy atom. The molecule has 2 aromatic rings. The fourth-order valence-corrected chi connectivity index (χ4v) is 6.42. The molecule has 9 nitrogen and oxygen atoms in total. The third-order valence-electron chi connectivity index (χ3n) is 7.44. The number of alkyl halides is 1. The second-order valence-electron chi connectivity index (χ2n) is 11.6.